The van der Waals surface area contributed by atoms with E-state index in [4.69, 9.17) is 5.11 Å². The van der Waals surface area contributed by atoms with Crippen LogP contribution in [0.4, 0.5) is 24.5 Å². The quantitative estimate of drug-likeness (QED) is 0.567. The first kappa shape index (κ1) is 19.1. The summed E-state index contributed by atoms with van der Waals surface area (Å²) in [5.74, 6) is 0. The Morgan fingerprint density at radius 2 is 2.04 bits per heavy atom. The highest BCUT2D eigenvalue weighted by Crippen LogP contribution is 2.34. The molecule has 1 heterocycles. The van der Waals surface area contributed by atoms with Crippen molar-refractivity contribution < 1.29 is 31.6 Å². The van der Waals surface area contributed by atoms with Crippen LogP contribution in [0.1, 0.15) is 10.7 Å². The Bertz CT molecular complexity index is 896. The van der Waals surface area contributed by atoms with Gasteiger partial charge in [0.1, 0.15) is 10.7 Å². The molecule has 0 aliphatic heterocycles. The highest BCUT2D eigenvalue weighted by atomic mass is 32.2. The SMILES string of the molecule is O=[N+]([O-])c1cc(S(=O)(=O)C(F)(F)F)ccc1NCc1nc(CO)cs1. The molecule has 0 radical (unpaired) electrons. The summed E-state index contributed by atoms with van der Waals surface area (Å²) in [6.07, 6.45) is 0. The Morgan fingerprint density at radius 3 is 2.56 bits per heavy atom. The number of benzene rings is 1. The molecular formula is C12H10F3N3O5S2. The molecule has 136 valence electrons. The van der Waals surface area contributed by atoms with Crippen molar-refractivity contribution in [2.45, 2.75) is 23.6 Å². The minimum absolute atomic E-state index is 0.0108. The maximum atomic E-state index is 12.6. The first-order chi connectivity index (χ1) is 11.6. The number of hydrogen-bond acceptors (Lipinski definition) is 8. The van der Waals surface area contributed by atoms with E-state index >= 15 is 0 Å². The summed E-state index contributed by atoms with van der Waals surface area (Å²) in [6.45, 7) is -0.266. The number of nitro benzene ring substituents is 1. The lowest BCUT2D eigenvalue weighted by molar-refractivity contribution is -0.384. The minimum Gasteiger partial charge on any atom is -0.390 e. The number of nitrogens with one attached hydrogen (secondary N) is 1. The van der Waals surface area contributed by atoms with Crippen LogP contribution in [0.25, 0.3) is 0 Å². The van der Waals surface area contributed by atoms with E-state index in [-0.39, 0.29) is 18.8 Å². The minimum atomic E-state index is -5.69. The maximum absolute atomic E-state index is 12.6. The van der Waals surface area contributed by atoms with Gasteiger partial charge in [0.05, 0.1) is 28.7 Å². The summed E-state index contributed by atoms with van der Waals surface area (Å²) in [6, 6.07) is 1.88. The molecule has 2 rings (SSSR count). The van der Waals surface area contributed by atoms with Crippen molar-refractivity contribution in [2.75, 3.05) is 5.32 Å². The molecule has 0 spiro atoms. The van der Waals surface area contributed by atoms with Crippen molar-refractivity contribution in [3.63, 3.8) is 0 Å². The molecule has 2 N–H and O–H groups in total. The van der Waals surface area contributed by atoms with Gasteiger partial charge in [0.25, 0.3) is 15.5 Å². The fraction of sp³-hybridized carbons (Fsp3) is 0.250. The molecule has 0 bridgehead atoms. The topological polar surface area (TPSA) is 122 Å². The standard InChI is InChI=1S/C12H10F3N3O5S2/c13-12(14,15)25(22,23)8-1-2-9(10(3-8)18(20)21)16-4-11-17-7(5-19)6-24-11/h1-3,6,16,19H,4-5H2. The summed E-state index contributed by atoms with van der Waals surface area (Å²) >= 11 is 1.17. The molecular weight excluding hydrogens is 387 g/mol. The fourth-order valence-electron chi connectivity index (χ4n) is 1.79. The van der Waals surface area contributed by atoms with Gasteiger partial charge < -0.3 is 10.4 Å². The highest BCUT2D eigenvalue weighted by Gasteiger charge is 2.47. The summed E-state index contributed by atoms with van der Waals surface area (Å²) < 4.78 is 60.4. The number of rotatable bonds is 6. The number of hydrogen-bond donors (Lipinski definition) is 2. The van der Waals surface area contributed by atoms with Crippen LogP contribution in [0.3, 0.4) is 0 Å². The van der Waals surface area contributed by atoms with Gasteiger partial charge in [-0.2, -0.15) is 13.2 Å². The average molecular weight is 397 g/mol. The molecule has 25 heavy (non-hydrogen) atoms. The summed E-state index contributed by atoms with van der Waals surface area (Å²) in [5.41, 5.74) is -6.13. The molecule has 1 aromatic heterocycles. The molecule has 2 aromatic rings. The lowest BCUT2D eigenvalue weighted by Crippen LogP contribution is -2.23. The number of anilines is 1. The molecule has 0 aliphatic rings. The van der Waals surface area contributed by atoms with Crippen molar-refractivity contribution >= 4 is 32.5 Å². The van der Waals surface area contributed by atoms with Gasteiger partial charge in [0, 0.05) is 11.4 Å². The maximum Gasteiger partial charge on any atom is 0.501 e. The number of sulfone groups is 1. The van der Waals surface area contributed by atoms with Gasteiger partial charge in [-0.05, 0) is 12.1 Å². The second kappa shape index (κ2) is 6.93. The van der Waals surface area contributed by atoms with E-state index in [0.717, 1.165) is 6.07 Å². The van der Waals surface area contributed by atoms with E-state index in [1.807, 2.05) is 0 Å². The smallest absolute Gasteiger partial charge is 0.390 e. The summed E-state index contributed by atoms with van der Waals surface area (Å²) in [4.78, 5) is 12.9. The first-order valence-electron chi connectivity index (χ1n) is 6.44. The monoisotopic (exact) mass is 397 g/mol. The number of alkyl halides is 3. The van der Waals surface area contributed by atoms with Gasteiger partial charge in [0.2, 0.25) is 0 Å². The molecule has 0 aliphatic carbocycles. The van der Waals surface area contributed by atoms with Gasteiger partial charge in [-0.1, -0.05) is 0 Å². The average Bonchev–Trinajstić information content (AvgIpc) is 2.99. The van der Waals surface area contributed by atoms with E-state index in [1.54, 1.807) is 5.38 Å². The van der Waals surface area contributed by atoms with Crippen molar-refractivity contribution in [3.8, 4) is 0 Å². The Hall–Kier alpha value is -2.25. The van der Waals surface area contributed by atoms with Crippen LogP contribution in [0.15, 0.2) is 28.5 Å². The van der Waals surface area contributed by atoms with Gasteiger partial charge in [-0.25, -0.2) is 13.4 Å². The molecule has 0 saturated heterocycles. The summed E-state index contributed by atoms with van der Waals surface area (Å²) in [5, 5.41) is 24.6. The number of nitrogens with zero attached hydrogens (tertiary/aromatic N) is 2. The zero-order chi connectivity index (χ0) is 18.8. The molecule has 0 saturated carbocycles. The lowest BCUT2D eigenvalue weighted by atomic mass is 10.2. The predicted octanol–water partition coefficient (Wildman–Crippen LogP) is 2.45. The molecule has 1 aromatic carbocycles. The molecule has 0 amide bonds. The Morgan fingerprint density at radius 1 is 1.36 bits per heavy atom. The third kappa shape index (κ3) is 4.05. The second-order valence-corrected chi connectivity index (χ2v) is 7.51. The number of nitro groups is 1. The van der Waals surface area contributed by atoms with Crippen molar-refractivity contribution in [1.82, 2.24) is 4.98 Å². The van der Waals surface area contributed by atoms with Gasteiger partial charge >= 0.3 is 5.51 Å². The summed E-state index contributed by atoms with van der Waals surface area (Å²) in [7, 11) is -5.69. The van der Waals surface area contributed by atoms with Crippen molar-refractivity contribution in [2.24, 2.45) is 0 Å². The molecule has 0 fully saturated rings. The Balaban J connectivity index is 2.32. The van der Waals surface area contributed by atoms with E-state index in [0.29, 0.717) is 22.8 Å². The van der Waals surface area contributed by atoms with Gasteiger partial charge in [-0.15, -0.1) is 11.3 Å². The van der Waals surface area contributed by atoms with Crippen molar-refractivity contribution in [1.29, 1.82) is 0 Å². The Labute approximate surface area is 143 Å². The normalized spacial score (nSPS) is 12.2. The van der Waals surface area contributed by atoms with Crippen LogP contribution in [0.5, 0.6) is 0 Å². The number of halogens is 3. The Kier molecular flexibility index (Phi) is 5.29. The fourth-order valence-corrected chi connectivity index (χ4v) is 3.29. The molecule has 8 nitrogen and oxygen atoms in total. The lowest BCUT2D eigenvalue weighted by Gasteiger charge is -2.10. The second-order valence-electron chi connectivity index (χ2n) is 4.63. The third-order valence-corrected chi connectivity index (χ3v) is 5.35. The van der Waals surface area contributed by atoms with Crippen molar-refractivity contribution in [3.05, 3.63) is 44.4 Å². The van der Waals surface area contributed by atoms with Crippen LogP contribution in [-0.2, 0) is 23.0 Å². The zero-order valence-corrected chi connectivity index (χ0v) is 13.8. The highest BCUT2D eigenvalue weighted by molar-refractivity contribution is 7.92. The molecule has 13 heteroatoms. The van der Waals surface area contributed by atoms with Crippen LogP contribution >= 0.6 is 11.3 Å². The van der Waals surface area contributed by atoms with E-state index in [9.17, 15) is 31.7 Å². The number of thiazole rings is 1. The molecule has 0 atom stereocenters. The zero-order valence-electron chi connectivity index (χ0n) is 12.1. The van der Waals surface area contributed by atoms with E-state index in [2.05, 4.69) is 10.3 Å². The van der Waals surface area contributed by atoms with E-state index in [1.165, 1.54) is 11.3 Å². The third-order valence-electron chi connectivity index (χ3n) is 2.97. The number of aliphatic hydroxyl groups excluding tert-OH is 1. The van der Waals surface area contributed by atoms with Crippen LogP contribution < -0.4 is 5.32 Å². The first-order valence-corrected chi connectivity index (χ1v) is 8.80. The number of aromatic nitrogens is 1. The van der Waals surface area contributed by atoms with Crippen LogP contribution in [0.2, 0.25) is 0 Å². The largest absolute Gasteiger partial charge is 0.501 e. The number of aliphatic hydroxyl groups is 1. The van der Waals surface area contributed by atoms with Gasteiger partial charge in [-0.3, -0.25) is 10.1 Å². The molecule has 0 unspecified atom stereocenters. The predicted molar refractivity (Wildman–Crippen MR) is 81.7 cm³/mol. The van der Waals surface area contributed by atoms with Gasteiger partial charge in [0.15, 0.2) is 0 Å². The van der Waals surface area contributed by atoms with Crippen LogP contribution in [-0.4, -0.2) is 28.9 Å². The van der Waals surface area contributed by atoms with E-state index < -0.39 is 30.9 Å². The van der Waals surface area contributed by atoms with Crippen LogP contribution in [0, 0.1) is 10.1 Å².